The summed E-state index contributed by atoms with van der Waals surface area (Å²) in [6.07, 6.45) is 0.848. The van der Waals surface area contributed by atoms with Gasteiger partial charge in [0.1, 0.15) is 5.56 Å². The summed E-state index contributed by atoms with van der Waals surface area (Å²) in [7, 11) is 0. The number of nitrogens with one attached hydrogen (secondary N) is 1. The number of carboxylic acid groups (broad SMARTS) is 1. The maximum absolute atomic E-state index is 11.7. The van der Waals surface area contributed by atoms with E-state index in [4.69, 9.17) is 4.52 Å². The van der Waals surface area contributed by atoms with E-state index in [-0.39, 0.29) is 5.56 Å². The first-order valence-electron chi connectivity index (χ1n) is 9.95. The van der Waals surface area contributed by atoms with E-state index in [2.05, 4.69) is 25.8 Å². The molecule has 9 nitrogen and oxygen atoms in total. The third kappa shape index (κ3) is 4.16. The lowest BCUT2D eigenvalue weighted by molar-refractivity contribution is 0.0695. The van der Waals surface area contributed by atoms with Crippen molar-refractivity contribution in [3.63, 3.8) is 0 Å². The zero-order valence-corrected chi connectivity index (χ0v) is 17.2. The molecule has 0 aliphatic heterocycles. The SMILES string of the molecule is CCCN(Cc1ccc(-c2ccccc2-c2nn[nH]n2)cc1)c1noc(C)c1C(=O)O. The normalized spacial score (nSPS) is 10.9. The quantitative estimate of drug-likeness (QED) is 0.441. The Kier molecular flexibility index (Phi) is 5.74. The molecule has 0 bridgehead atoms. The van der Waals surface area contributed by atoms with Crippen LogP contribution < -0.4 is 4.90 Å². The molecular formula is C22H22N6O3. The van der Waals surface area contributed by atoms with Crippen LogP contribution in [-0.4, -0.2) is 43.4 Å². The van der Waals surface area contributed by atoms with E-state index in [1.807, 2.05) is 60.4 Å². The molecule has 0 saturated carbocycles. The van der Waals surface area contributed by atoms with E-state index in [0.29, 0.717) is 30.5 Å². The van der Waals surface area contributed by atoms with Gasteiger partial charge in [-0.15, -0.1) is 10.2 Å². The highest BCUT2D eigenvalue weighted by Gasteiger charge is 2.24. The second kappa shape index (κ2) is 8.78. The Morgan fingerprint density at radius 3 is 2.52 bits per heavy atom. The standard InChI is InChI=1S/C22H22N6O3/c1-3-12-28(21-19(22(29)30)14(2)31-25-21)13-15-8-10-16(11-9-15)17-6-4-5-7-18(17)20-23-26-27-24-20/h4-11H,3,12-13H2,1-2H3,(H,29,30)(H,23,24,26,27). The lowest BCUT2D eigenvalue weighted by Gasteiger charge is -2.22. The third-order valence-corrected chi connectivity index (χ3v) is 5.00. The van der Waals surface area contributed by atoms with E-state index in [1.54, 1.807) is 6.92 Å². The number of H-pyrrole nitrogens is 1. The van der Waals surface area contributed by atoms with E-state index in [9.17, 15) is 9.90 Å². The van der Waals surface area contributed by atoms with Crippen LogP contribution in [0, 0.1) is 6.92 Å². The van der Waals surface area contributed by atoms with Crippen molar-refractivity contribution >= 4 is 11.8 Å². The van der Waals surface area contributed by atoms with Crippen LogP contribution in [-0.2, 0) is 6.54 Å². The molecule has 0 fully saturated rings. The number of benzene rings is 2. The number of carboxylic acids is 1. The zero-order valence-electron chi connectivity index (χ0n) is 17.2. The van der Waals surface area contributed by atoms with Crippen molar-refractivity contribution in [1.82, 2.24) is 25.8 Å². The summed E-state index contributed by atoms with van der Waals surface area (Å²) in [5.41, 5.74) is 4.06. The van der Waals surface area contributed by atoms with Crippen LogP contribution in [0.5, 0.6) is 0 Å². The predicted molar refractivity (Wildman–Crippen MR) is 115 cm³/mol. The number of rotatable bonds is 8. The number of carbonyl (C=O) groups is 1. The minimum Gasteiger partial charge on any atom is -0.477 e. The van der Waals surface area contributed by atoms with Crippen LogP contribution in [0.4, 0.5) is 5.82 Å². The molecule has 2 heterocycles. The van der Waals surface area contributed by atoms with E-state index >= 15 is 0 Å². The summed E-state index contributed by atoms with van der Waals surface area (Å²) in [4.78, 5) is 13.6. The van der Waals surface area contributed by atoms with Crippen LogP contribution in [0.1, 0.15) is 35.0 Å². The van der Waals surface area contributed by atoms with Crippen molar-refractivity contribution in [2.45, 2.75) is 26.8 Å². The minimum atomic E-state index is -1.04. The highest BCUT2D eigenvalue weighted by molar-refractivity contribution is 5.94. The topological polar surface area (TPSA) is 121 Å². The highest BCUT2D eigenvalue weighted by atomic mass is 16.5. The first-order valence-corrected chi connectivity index (χ1v) is 9.95. The molecule has 0 unspecified atom stereocenters. The number of nitrogens with zero attached hydrogens (tertiary/aromatic N) is 5. The fourth-order valence-corrected chi connectivity index (χ4v) is 3.57. The molecule has 0 aliphatic rings. The van der Waals surface area contributed by atoms with Crippen LogP contribution in [0.25, 0.3) is 22.5 Å². The monoisotopic (exact) mass is 418 g/mol. The summed E-state index contributed by atoms with van der Waals surface area (Å²) in [6, 6.07) is 16.0. The predicted octanol–water partition coefficient (Wildman–Crippen LogP) is 3.94. The summed E-state index contributed by atoms with van der Waals surface area (Å²) in [6.45, 7) is 4.83. The first kappa shape index (κ1) is 20.3. The molecule has 2 N–H and O–H groups in total. The average molecular weight is 418 g/mol. The van der Waals surface area contributed by atoms with E-state index in [0.717, 1.165) is 28.7 Å². The number of aromatic carboxylic acids is 1. The Bertz CT molecular complexity index is 1170. The van der Waals surface area contributed by atoms with Gasteiger partial charge in [-0.05, 0) is 35.2 Å². The van der Waals surface area contributed by atoms with Crippen molar-refractivity contribution in [2.75, 3.05) is 11.4 Å². The Morgan fingerprint density at radius 1 is 1.13 bits per heavy atom. The van der Waals surface area contributed by atoms with E-state index in [1.165, 1.54) is 0 Å². The summed E-state index contributed by atoms with van der Waals surface area (Å²) >= 11 is 0. The van der Waals surface area contributed by atoms with Gasteiger partial charge in [-0.3, -0.25) is 0 Å². The number of tetrazole rings is 1. The molecule has 0 spiro atoms. The Morgan fingerprint density at radius 2 is 1.87 bits per heavy atom. The summed E-state index contributed by atoms with van der Waals surface area (Å²) < 4.78 is 5.16. The molecule has 9 heteroatoms. The van der Waals surface area contributed by atoms with Gasteiger partial charge >= 0.3 is 5.97 Å². The molecule has 0 radical (unpaired) electrons. The zero-order chi connectivity index (χ0) is 21.8. The van der Waals surface area contributed by atoms with Crippen molar-refractivity contribution in [1.29, 1.82) is 0 Å². The molecule has 0 amide bonds. The second-order valence-corrected chi connectivity index (χ2v) is 7.14. The molecule has 0 aliphatic carbocycles. The summed E-state index contributed by atoms with van der Waals surface area (Å²) in [5, 5.41) is 27.9. The lowest BCUT2D eigenvalue weighted by Crippen LogP contribution is -2.25. The summed E-state index contributed by atoms with van der Waals surface area (Å²) in [5.74, 6) is 0.162. The minimum absolute atomic E-state index is 0.110. The van der Waals surface area contributed by atoms with E-state index < -0.39 is 5.97 Å². The molecule has 0 saturated heterocycles. The van der Waals surface area contributed by atoms with Crippen LogP contribution in [0.15, 0.2) is 53.1 Å². The van der Waals surface area contributed by atoms with Gasteiger partial charge in [0.15, 0.2) is 11.6 Å². The fraction of sp³-hybridized carbons (Fsp3) is 0.227. The van der Waals surface area contributed by atoms with Crippen LogP contribution >= 0.6 is 0 Å². The fourth-order valence-electron chi connectivity index (χ4n) is 3.57. The van der Waals surface area contributed by atoms with Gasteiger partial charge in [0, 0.05) is 18.7 Å². The molecule has 4 rings (SSSR count). The smallest absolute Gasteiger partial charge is 0.343 e. The van der Waals surface area contributed by atoms with Crippen molar-refractivity contribution in [3.05, 3.63) is 65.4 Å². The molecule has 4 aromatic rings. The highest BCUT2D eigenvalue weighted by Crippen LogP contribution is 2.30. The molecule has 2 aromatic heterocycles. The molecule has 158 valence electrons. The van der Waals surface area contributed by atoms with Gasteiger partial charge in [0.05, 0.1) is 0 Å². The van der Waals surface area contributed by atoms with Crippen molar-refractivity contribution in [3.8, 4) is 22.5 Å². The van der Waals surface area contributed by atoms with Gasteiger partial charge in [0.25, 0.3) is 0 Å². The maximum atomic E-state index is 11.7. The van der Waals surface area contributed by atoms with Crippen molar-refractivity contribution in [2.24, 2.45) is 0 Å². The lowest BCUT2D eigenvalue weighted by atomic mass is 9.98. The average Bonchev–Trinajstić information content (AvgIpc) is 3.44. The number of hydrogen-bond acceptors (Lipinski definition) is 7. The largest absolute Gasteiger partial charge is 0.477 e. The maximum Gasteiger partial charge on any atom is 0.343 e. The van der Waals surface area contributed by atoms with Gasteiger partial charge in [-0.1, -0.05) is 60.6 Å². The Labute approximate surface area is 178 Å². The molecular weight excluding hydrogens is 396 g/mol. The molecule has 31 heavy (non-hydrogen) atoms. The van der Waals surface area contributed by atoms with Crippen LogP contribution in [0.3, 0.4) is 0 Å². The molecule has 2 aromatic carbocycles. The number of aromatic amines is 1. The number of aromatic nitrogens is 5. The third-order valence-electron chi connectivity index (χ3n) is 5.00. The number of aryl methyl sites for hydroxylation is 1. The van der Waals surface area contributed by atoms with Crippen LogP contribution in [0.2, 0.25) is 0 Å². The van der Waals surface area contributed by atoms with Crippen molar-refractivity contribution < 1.29 is 14.4 Å². The van der Waals surface area contributed by atoms with Gasteiger partial charge in [-0.2, -0.15) is 5.21 Å². The number of anilines is 1. The van der Waals surface area contributed by atoms with Gasteiger partial charge in [0.2, 0.25) is 5.82 Å². The first-order chi connectivity index (χ1) is 15.1. The van der Waals surface area contributed by atoms with Gasteiger partial charge in [-0.25, -0.2) is 4.79 Å². The number of hydrogen-bond donors (Lipinski definition) is 2. The van der Waals surface area contributed by atoms with Gasteiger partial charge < -0.3 is 14.5 Å². The second-order valence-electron chi connectivity index (χ2n) is 7.14. The Hall–Kier alpha value is -4.01. The Balaban J connectivity index is 1.61. The molecule has 0 atom stereocenters.